The van der Waals surface area contributed by atoms with Crippen molar-refractivity contribution in [1.29, 1.82) is 0 Å². The number of carbonyl (C=O) groups excluding carboxylic acids is 1. The molecule has 0 aliphatic heterocycles. The Morgan fingerprint density at radius 1 is 0.947 bits per heavy atom. The van der Waals surface area contributed by atoms with Crippen molar-refractivity contribution in [2.45, 2.75) is 41.0 Å². The number of nitrogens with zero attached hydrogens (tertiary/aromatic N) is 1. The lowest BCUT2D eigenvalue weighted by atomic mass is 10.0. The van der Waals surface area contributed by atoms with E-state index in [0.717, 1.165) is 27.8 Å². The van der Waals surface area contributed by atoms with Crippen molar-refractivity contribution in [3.63, 3.8) is 0 Å². The second kappa shape index (κ2) is 14.7. The number of anilines is 3. The molecule has 4 rings (SSSR count). The summed E-state index contributed by atoms with van der Waals surface area (Å²) in [5, 5.41) is 15.8. The Kier molecular flexibility index (Phi) is 11.8. The maximum absolute atomic E-state index is 12.9. The van der Waals surface area contributed by atoms with E-state index in [4.69, 9.17) is 9.52 Å². The van der Waals surface area contributed by atoms with Crippen molar-refractivity contribution in [2.75, 3.05) is 28.5 Å². The normalized spacial score (nSPS) is 9.97. The fourth-order valence-electron chi connectivity index (χ4n) is 3.71. The van der Waals surface area contributed by atoms with Crippen LogP contribution in [0.4, 0.5) is 17.1 Å². The van der Waals surface area contributed by atoms with E-state index in [1.807, 2.05) is 94.5 Å². The van der Waals surface area contributed by atoms with Crippen LogP contribution in [0.3, 0.4) is 0 Å². The third-order valence-corrected chi connectivity index (χ3v) is 5.73. The summed E-state index contributed by atoms with van der Waals surface area (Å²) in [7, 11) is 1.83. The predicted octanol–water partition coefficient (Wildman–Crippen LogP) is 7.88. The number of nitrogens with one attached hydrogen (secondary N) is 2. The van der Waals surface area contributed by atoms with Crippen LogP contribution in [0.2, 0.25) is 0 Å². The zero-order valence-electron chi connectivity index (χ0n) is 22.8. The van der Waals surface area contributed by atoms with Crippen molar-refractivity contribution in [2.24, 2.45) is 0 Å². The molecule has 0 atom stereocenters. The highest BCUT2D eigenvalue weighted by Gasteiger charge is 2.19. The van der Waals surface area contributed by atoms with E-state index in [-0.39, 0.29) is 18.2 Å². The number of carboxylic acids is 1. The molecule has 8 heteroatoms. The van der Waals surface area contributed by atoms with Crippen LogP contribution in [0.1, 0.15) is 50.2 Å². The Balaban J connectivity index is 0.000000947. The number of benzene rings is 3. The molecule has 0 aliphatic carbocycles. The van der Waals surface area contributed by atoms with Crippen molar-refractivity contribution < 1.29 is 19.1 Å². The van der Waals surface area contributed by atoms with Gasteiger partial charge < -0.3 is 24.5 Å². The minimum absolute atomic E-state index is 0.197. The molecule has 4 aromatic rings. The van der Waals surface area contributed by atoms with Gasteiger partial charge in [-0.15, -0.1) is 0 Å². The van der Waals surface area contributed by atoms with Crippen LogP contribution in [0.25, 0.3) is 22.1 Å². The van der Waals surface area contributed by atoms with Crippen LogP contribution in [-0.2, 0) is 4.79 Å². The van der Waals surface area contributed by atoms with E-state index in [0.29, 0.717) is 17.0 Å². The number of furan rings is 1. The summed E-state index contributed by atoms with van der Waals surface area (Å²) in [5.41, 5.74) is 5.61. The Labute approximate surface area is 230 Å². The average Bonchev–Trinajstić information content (AvgIpc) is 3.27. The van der Waals surface area contributed by atoms with Crippen LogP contribution >= 0.6 is 12.8 Å². The van der Waals surface area contributed by atoms with Crippen molar-refractivity contribution >= 4 is 52.7 Å². The third-order valence-electron chi connectivity index (χ3n) is 5.36. The van der Waals surface area contributed by atoms with Gasteiger partial charge in [0.25, 0.3) is 5.91 Å². The fourth-order valence-corrected chi connectivity index (χ4v) is 3.96. The first kappa shape index (κ1) is 30.3. The Morgan fingerprint density at radius 3 is 2.03 bits per heavy atom. The summed E-state index contributed by atoms with van der Waals surface area (Å²) in [5.74, 6) is -0.979. The van der Waals surface area contributed by atoms with E-state index < -0.39 is 5.97 Å². The molecule has 0 aliphatic rings. The molecule has 1 aromatic heterocycles. The average molecular weight is 536 g/mol. The third kappa shape index (κ3) is 7.55. The standard InChI is InChI=1S/C25H23N3O4S.C3H8.C2H6/c1-15-23-20(26-2)4-3-5-21(23)32-24(15)25(31)27-18-10-6-16(7-11-18)17-8-12-19(13-9-17)28(33)14-22(29)30;1-3-2;1-2/h3-13,26,33H,14H2,1-2H3,(H,27,31)(H,29,30);3H2,1-2H3;1-2H3. The second-order valence-electron chi connectivity index (χ2n) is 8.22. The summed E-state index contributed by atoms with van der Waals surface area (Å²) in [4.78, 5) is 23.7. The molecule has 1 amide bonds. The number of amides is 1. The summed E-state index contributed by atoms with van der Waals surface area (Å²) in [6.07, 6.45) is 1.25. The van der Waals surface area contributed by atoms with Gasteiger partial charge in [0, 0.05) is 35.1 Å². The minimum Gasteiger partial charge on any atom is -0.480 e. The molecule has 202 valence electrons. The lowest BCUT2D eigenvalue weighted by Gasteiger charge is -2.15. The Hall–Kier alpha value is -3.91. The van der Waals surface area contributed by atoms with Crippen LogP contribution in [0.5, 0.6) is 0 Å². The maximum atomic E-state index is 12.9. The van der Waals surface area contributed by atoms with Crippen LogP contribution < -0.4 is 14.9 Å². The predicted molar refractivity (Wildman–Crippen MR) is 162 cm³/mol. The molecular weight excluding hydrogens is 498 g/mol. The van der Waals surface area contributed by atoms with Gasteiger partial charge >= 0.3 is 5.97 Å². The Bertz CT molecular complexity index is 1330. The summed E-state index contributed by atoms with van der Waals surface area (Å²) < 4.78 is 7.19. The lowest BCUT2D eigenvalue weighted by molar-refractivity contribution is -0.135. The fraction of sp³-hybridized carbons (Fsp3) is 0.267. The van der Waals surface area contributed by atoms with Gasteiger partial charge in [-0.05, 0) is 54.4 Å². The highest BCUT2D eigenvalue weighted by Crippen LogP contribution is 2.32. The van der Waals surface area contributed by atoms with Crippen LogP contribution in [0, 0.1) is 6.92 Å². The smallest absolute Gasteiger partial charge is 0.324 e. The van der Waals surface area contributed by atoms with Gasteiger partial charge in [-0.2, -0.15) is 0 Å². The molecule has 38 heavy (non-hydrogen) atoms. The monoisotopic (exact) mass is 535 g/mol. The number of carboxylic acid groups (broad SMARTS) is 1. The number of hydrogen-bond acceptors (Lipinski definition) is 6. The van der Waals surface area contributed by atoms with Gasteiger partial charge in [0.15, 0.2) is 5.76 Å². The number of aryl methyl sites for hydroxylation is 1. The van der Waals surface area contributed by atoms with Crippen LogP contribution in [0.15, 0.2) is 71.1 Å². The first-order chi connectivity index (χ1) is 18.3. The van der Waals surface area contributed by atoms with E-state index >= 15 is 0 Å². The molecule has 0 radical (unpaired) electrons. The SMILES string of the molecule is CC.CCC.CNc1cccc2oc(C(=O)Nc3ccc(-c4ccc(N(S)CC(=O)O)cc4)cc3)c(C)c12. The molecule has 0 saturated carbocycles. The maximum Gasteiger partial charge on any atom is 0.324 e. The van der Waals surface area contributed by atoms with Gasteiger partial charge in [-0.3, -0.25) is 9.59 Å². The number of aliphatic carboxylic acids is 1. The molecule has 3 aromatic carbocycles. The molecule has 1 heterocycles. The van der Waals surface area contributed by atoms with Gasteiger partial charge in [0.2, 0.25) is 0 Å². The highest BCUT2D eigenvalue weighted by atomic mass is 32.1. The van der Waals surface area contributed by atoms with Gasteiger partial charge in [-0.25, -0.2) is 0 Å². The van der Waals surface area contributed by atoms with E-state index in [2.05, 4.69) is 37.3 Å². The molecule has 3 N–H and O–H groups in total. The van der Waals surface area contributed by atoms with Crippen molar-refractivity contribution in [1.82, 2.24) is 0 Å². The second-order valence-corrected chi connectivity index (χ2v) is 8.70. The first-order valence-corrected chi connectivity index (χ1v) is 13.1. The molecule has 0 fully saturated rings. The van der Waals surface area contributed by atoms with Gasteiger partial charge in [-0.1, -0.05) is 77.3 Å². The highest BCUT2D eigenvalue weighted by molar-refractivity contribution is 7.81. The molecule has 0 bridgehead atoms. The molecular formula is C30H37N3O4S. The van der Waals surface area contributed by atoms with Gasteiger partial charge in [0.05, 0.1) is 0 Å². The summed E-state index contributed by atoms with van der Waals surface area (Å²) >= 11 is 4.19. The largest absolute Gasteiger partial charge is 0.480 e. The van der Waals surface area contributed by atoms with E-state index in [9.17, 15) is 9.59 Å². The quantitative estimate of drug-likeness (QED) is 0.180. The molecule has 0 spiro atoms. The molecule has 0 saturated heterocycles. The number of fused-ring (bicyclic) bond motifs is 1. The summed E-state index contributed by atoms with van der Waals surface area (Å²) in [6.45, 7) is 9.93. The topological polar surface area (TPSA) is 94.8 Å². The molecule has 7 nitrogen and oxygen atoms in total. The van der Waals surface area contributed by atoms with E-state index in [1.54, 1.807) is 0 Å². The zero-order chi connectivity index (χ0) is 28.2. The molecule has 0 unspecified atom stereocenters. The zero-order valence-corrected chi connectivity index (χ0v) is 23.7. The summed E-state index contributed by atoms with van der Waals surface area (Å²) in [6, 6.07) is 20.5. The number of carbonyl (C=O) groups is 2. The number of hydrogen-bond donors (Lipinski definition) is 4. The van der Waals surface area contributed by atoms with E-state index in [1.165, 1.54) is 10.7 Å². The number of rotatable bonds is 7. The first-order valence-electron chi connectivity index (χ1n) is 12.7. The Morgan fingerprint density at radius 2 is 1.50 bits per heavy atom. The minimum atomic E-state index is -0.952. The van der Waals surface area contributed by atoms with Crippen molar-refractivity contribution in [3.05, 3.63) is 78.1 Å². The lowest BCUT2D eigenvalue weighted by Crippen LogP contribution is -2.19. The van der Waals surface area contributed by atoms with Crippen molar-refractivity contribution in [3.8, 4) is 11.1 Å². The van der Waals surface area contributed by atoms with Gasteiger partial charge in [0.1, 0.15) is 12.1 Å². The van der Waals surface area contributed by atoms with Crippen LogP contribution in [-0.4, -0.2) is 30.6 Å². The number of thiol groups is 1.